The van der Waals surface area contributed by atoms with Gasteiger partial charge in [-0.25, -0.2) is 13.1 Å². The van der Waals surface area contributed by atoms with E-state index in [4.69, 9.17) is 0 Å². The molecular weight excluding hydrogens is 224 g/mol. The van der Waals surface area contributed by atoms with E-state index < -0.39 is 10.0 Å². The Kier molecular flexibility index (Phi) is 5.72. The van der Waals surface area contributed by atoms with Crippen LogP contribution in [0, 0.1) is 0 Å². The van der Waals surface area contributed by atoms with Gasteiger partial charge >= 0.3 is 0 Å². The Hall–Kier alpha value is -0.130. The minimum atomic E-state index is -3.05. The molecule has 2 atom stereocenters. The quantitative estimate of drug-likeness (QED) is 0.743. The van der Waals surface area contributed by atoms with Gasteiger partial charge in [0, 0.05) is 18.6 Å². The van der Waals surface area contributed by atoms with Crippen molar-refractivity contribution in [1.82, 2.24) is 10.0 Å². The summed E-state index contributed by atoms with van der Waals surface area (Å²) < 4.78 is 25.8. The van der Waals surface area contributed by atoms with Crippen molar-refractivity contribution in [1.29, 1.82) is 0 Å². The van der Waals surface area contributed by atoms with Crippen molar-refractivity contribution in [3.8, 4) is 0 Å². The van der Waals surface area contributed by atoms with Gasteiger partial charge in [0.25, 0.3) is 0 Å². The maximum absolute atomic E-state index is 11.6. The molecule has 1 fully saturated rings. The first kappa shape index (κ1) is 13.9. The van der Waals surface area contributed by atoms with Crippen molar-refractivity contribution in [2.45, 2.75) is 58.0 Å². The van der Waals surface area contributed by atoms with Crippen LogP contribution in [0.25, 0.3) is 0 Å². The molecule has 1 rings (SSSR count). The summed E-state index contributed by atoms with van der Waals surface area (Å²) in [4.78, 5) is 0. The number of hydrogen-bond donors (Lipinski definition) is 2. The second-order valence-electron chi connectivity index (χ2n) is 4.72. The lowest BCUT2D eigenvalue weighted by molar-refractivity contribution is 0.334. The van der Waals surface area contributed by atoms with Gasteiger partial charge in [0.1, 0.15) is 0 Å². The average Bonchev–Trinajstić information content (AvgIpc) is 2.24. The Morgan fingerprint density at radius 1 is 1.38 bits per heavy atom. The molecule has 1 saturated heterocycles. The minimum absolute atomic E-state index is 0.256. The van der Waals surface area contributed by atoms with E-state index in [0.29, 0.717) is 18.6 Å². The number of hydrogen-bond acceptors (Lipinski definition) is 3. The van der Waals surface area contributed by atoms with Crippen LogP contribution in [0.3, 0.4) is 0 Å². The molecule has 16 heavy (non-hydrogen) atoms. The van der Waals surface area contributed by atoms with Crippen LogP contribution in [0.2, 0.25) is 0 Å². The standard InChI is InChI=1S/C11H24N2O2S/c1-3-4-8-16(14,15)12-9-11-7-5-6-10(2)13-11/h10-13H,3-9H2,1-2H3. The number of sulfonamides is 1. The predicted molar refractivity (Wildman–Crippen MR) is 66.9 cm³/mol. The summed E-state index contributed by atoms with van der Waals surface area (Å²) in [6.45, 7) is 4.69. The maximum atomic E-state index is 11.6. The van der Waals surface area contributed by atoms with Crippen molar-refractivity contribution in [2.24, 2.45) is 0 Å². The van der Waals surface area contributed by atoms with Crippen molar-refractivity contribution in [3.05, 3.63) is 0 Å². The summed E-state index contributed by atoms with van der Waals surface area (Å²) >= 11 is 0. The predicted octanol–water partition coefficient (Wildman–Crippen LogP) is 1.24. The Bertz CT molecular complexity index is 290. The minimum Gasteiger partial charge on any atom is -0.310 e. The van der Waals surface area contributed by atoms with Gasteiger partial charge in [-0.15, -0.1) is 0 Å². The fourth-order valence-electron chi connectivity index (χ4n) is 2.03. The fraction of sp³-hybridized carbons (Fsp3) is 1.00. The van der Waals surface area contributed by atoms with Crippen molar-refractivity contribution < 1.29 is 8.42 Å². The van der Waals surface area contributed by atoms with E-state index in [-0.39, 0.29) is 5.75 Å². The number of rotatable bonds is 6. The zero-order chi connectivity index (χ0) is 12.0. The summed E-state index contributed by atoms with van der Waals surface area (Å²) in [5.41, 5.74) is 0. The van der Waals surface area contributed by atoms with Crippen LogP contribution in [0.4, 0.5) is 0 Å². The van der Waals surface area contributed by atoms with E-state index in [0.717, 1.165) is 19.3 Å². The van der Waals surface area contributed by atoms with E-state index in [1.807, 2.05) is 6.92 Å². The van der Waals surface area contributed by atoms with E-state index in [2.05, 4.69) is 17.0 Å². The first-order chi connectivity index (χ1) is 7.53. The van der Waals surface area contributed by atoms with Crippen LogP contribution in [0.1, 0.15) is 46.0 Å². The molecule has 0 bridgehead atoms. The van der Waals surface area contributed by atoms with Crippen LogP contribution in [-0.2, 0) is 10.0 Å². The third-order valence-electron chi connectivity index (χ3n) is 3.03. The van der Waals surface area contributed by atoms with Gasteiger partial charge in [-0.3, -0.25) is 0 Å². The van der Waals surface area contributed by atoms with Gasteiger partial charge in [0.15, 0.2) is 0 Å². The smallest absolute Gasteiger partial charge is 0.211 e. The second kappa shape index (κ2) is 6.57. The molecule has 1 aliphatic rings. The topological polar surface area (TPSA) is 58.2 Å². The average molecular weight is 248 g/mol. The van der Waals surface area contributed by atoms with E-state index >= 15 is 0 Å². The number of piperidine rings is 1. The third-order valence-corrected chi connectivity index (χ3v) is 4.46. The number of nitrogens with one attached hydrogen (secondary N) is 2. The molecular formula is C11H24N2O2S. The largest absolute Gasteiger partial charge is 0.310 e. The van der Waals surface area contributed by atoms with E-state index in [1.54, 1.807) is 0 Å². The Morgan fingerprint density at radius 2 is 2.12 bits per heavy atom. The van der Waals surface area contributed by atoms with Crippen LogP contribution in [0.5, 0.6) is 0 Å². The highest BCUT2D eigenvalue weighted by atomic mass is 32.2. The molecule has 96 valence electrons. The Balaban J connectivity index is 2.27. The lowest BCUT2D eigenvalue weighted by Gasteiger charge is -2.28. The first-order valence-electron chi connectivity index (χ1n) is 6.27. The molecule has 0 aromatic rings. The van der Waals surface area contributed by atoms with Crippen molar-refractivity contribution in [3.63, 3.8) is 0 Å². The molecule has 2 N–H and O–H groups in total. The SMILES string of the molecule is CCCCS(=O)(=O)NCC1CCCC(C)N1. The number of unbranched alkanes of at least 4 members (excludes halogenated alkanes) is 1. The molecule has 0 aromatic carbocycles. The summed E-state index contributed by atoms with van der Waals surface area (Å²) in [6.07, 6.45) is 5.11. The van der Waals surface area contributed by atoms with E-state index in [9.17, 15) is 8.42 Å². The molecule has 0 aliphatic carbocycles. The van der Waals surface area contributed by atoms with Gasteiger partial charge in [0.05, 0.1) is 5.75 Å². The Labute approximate surface area is 99.2 Å². The van der Waals surface area contributed by atoms with Gasteiger partial charge in [0.2, 0.25) is 10.0 Å². The molecule has 0 radical (unpaired) electrons. The van der Waals surface area contributed by atoms with Gasteiger partial charge in [-0.05, 0) is 26.2 Å². The van der Waals surface area contributed by atoms with Gasteiger partial charge in [-0.1, -0.05) is 19.8 Å². The van der Waals surface area contributed by atoms with Crippen molar-refractivity contribution in [2.75, 3.05) is 12.3 Å². The van der Waals surface area contributed by atoms with Crippen LogP contribution in [0.15, 0.2) is 0 Å². The lowest BCUT2D eigenvalue weighted by Crippen LogP contribution is -2.47. The van der Waals surface area contributed by atoms with Crippen molar-refractivity contribution >= 4 is 10.0 Å². The van der Waals surface area contributed by atoms with Crippen LogP contribution < -0.4 is 10.0 Å². The zero-order valence-corrected chi connectivity index (χ0v) is 11.1. The summed E-state index contributed by atoms with van der Waals surface area (Å²) in [7, 11) is -3.05. The molecule has 0 amide bonds. The fourth-order valence-corrected chi connectivity index (χ4v) is 3.30. The van der Waals surface area contributed by atoms with Gasteiger partial charge in [-0.2, -0.15) is 0 Å². The molecule has 0 spiro atoms. The monoisotopic (exact) mass is 248 g/mol. The molecule has 0 saturated carbocycles. The van der Waals surface area contributed by atoms with Gasteiger partial charge < -0.3 is 5.32 Å². The molecule has 1 aliphatic heterocycles. The van der Waals surface area contributed by atoms with Crippen LogP contribution >= 0.6 is 0 Å². The normalized spacial score (nSPS) is 26.9. The highest BCUT2D eigenvalue weighted by Crippen LogP contribution is 2.11. The highest BCUT2D eigenvalue weighted by Gasteiger charge is 2.19. The van der Waals surface area contributed by atoms with Crippen LogP contribution in [-0.4, -0.2) is 32.8 Å². The summed E-state index contributed by atoms with van der Waals surface area (Å²) in [5.74, 6) is 0.256. The molecule has 2 unspecified atom stereocenters. The zero-order valence-electron chi connectivity index (χ0n) is 10.3. The molecule has 4 nitrogen and oxygen atoms in total. The lowest BCUT2D eigenvalue weighted by atomic mass is 10.00. The summed E-state index contributed by atoms with van der Waals surface area (Å²) in [6, 6.07) is 0.819. The van der Waals surface area contributed by atoms with E-state index in [1.165, 1.54) is 12.8 Å². The first-order valence-corrected chi connectivity index (χ1v) is 7.92. The second-order valence-corrected chi connectivity index (χ2v) is 6.64. The molecule has 0 aromatic heterocycles. The highest BCUT2D eigenvalue weighted by molar-refractivity contribution is 7.89. The maximum Gasteiger partial charge on any atom is 0.211 e. The summed E-state index contributed by atoms with van der Waals surface area (Å²) in [5, 5.41) is 3.42. The third kappa shape index (κ3) is 5.27. The Morgan fingerprint density at radius 3 is 2.75 bits per heavy atom. The molecule has 5 heteroatoms. The molecule has 1 heterocycles.